The minimum Gasteiger partial charge on any atom is -0.493 e. The van der Waals surface area contributed by atoms with Gasteiger partial charge in [-0.2, -0.15) is 0 Å². The number of thiophene rings is 1. The Labute approximate surface area is 194 Å². The van der Waals surface area contributed by atoms with Crippen molar-refractivity contribution in [2.24, 2.45) is 5.92 Å². The van der Waals surface area contributed by atoms with Crippen LogP contribution >= 0.6 is 11.3 Å². The number of hydrogen-bond donors (Lipinski definition) is 1. The van der Waals surface area contributed by atoms with E-state index in [1.165, 1.54) is 11.3 Å². The number of likely N-dealkylation sites (tertiary alicyclic amines) is 1. The summed E-state index contributed by atoms with van der Waals surface area (Å²) >= 11 is 1.19. The molecule has 1 aliphatic rings. The van der Waals surface area contributed by atoms with Crippen molar-refractivity contribution in [3.05, 3.63) is 47.4 Å². The molecule has 0 spiro atoms. The molecule has 3 rings (SSSR count). The molecule has 1 saturated heterocycles. The first-order valence-electron chi connectivity index (χ1n) is 10.6. The van der Waals surface area contributed by atoms with Gasteiger partial charge in [0.1, 0.15) is 4.21 Å². The van der Waals surface area contributed by atoms with Crippen molar-refractivity contribution >= 4 is 33.3 Å². The summed E-state index contributed by atoms with van der Waals surface area (Å²) in [6, 6.07) is 8.70. The largest absolute Gasteiger partial charge is 0.493 e. The Morgan fingerprint density at radius 1 is 1.25 bits per heavy atom. The van der Waals surface area contributed by atoms with Crippen molar-refractivity contribution in [2.75, 3.05) is 26.8 Å². The highest BCUT2D eigenvalue weighted by atomic mass is 32.2. The van der Waals surface area contributed by atoms with Gasteiger partial charge in [-0.1, -0.05) is 26.0 Å². The third-order valence-electron chi connectivity index (χ3n) is 5.07. The molecule has 0 saturated carbocycles. The zero-order chi connectivity index (χ0) is 23.1. The first-order valence-corrected chi connectivity index (χ1v) is 13.0. The third-order valence-corrected chi connectivity index (χ3v) is 7.98. The summed E-state index contributed by atoms with van der Waals surface area (Å²) in [5, 5.41) is 1.74. The zero-order valence-corrected chi connectivity index (χ0v) is 20.2. The van der Waals surface area contributed by atoms with Gasteiger partial charge in [-0.15, -0.1) is 11.3 Å². The van der Waals surface area contributed by atoms with Crippen molar-refractivity contribution in [2.45, 2.75) is 36.9 Å². The molecule has 1 fully saturated rings. The fourth-order valence-corrected chi connectivity index (χ4v) is 5.66. The second-order valence-electron chi connectivity index (χ2n) is 8.10. The van der Waals surface area contributed by atoms with Gasteiger partial charge in [-0.05, 0) is 54.0 Å². The molecule has 1 amide bonds. The molecular weight excluding hydrogens is 448 g/mol. The first-order chi connectivity index (χ1) is 15.3. The van der Waals surface area contributed by atoms with Gasteiger partial charge < -0.3 is 14.4 Å². The molecule has 0 unspecified atom stereocenters. The molecule has 2 heterocycles. The van der Waals surface area contributed by atoms with E-state index in [4.69, 9.17) is 9.47 Å². The van der Waals surface area contributed by atoms with Gasteiger partial charge in [0.2, 0.25) is 15.9 Å². The molecule has 174 valence electrons. The van der Waals surface area contributed by atoms with Gasteiger partial charge in [0.05, 0.1) is 13.7 Å². The molecule has 0 radical (unpaired) electrons. The van der Waals surface area contributed by atoms with Gasteiger partial charge in [0.15, 0.2) is 11.5 Å². The Bertz CT molecular complexity index is 1020. The summed E-state index contributed by atoms with van der Waals surface area (Å²) in [7, 11) is -1.90. The SMILES string of the molecule is COc1cc(/C=C/C(=O)N2CCC(NS(=O)(=O)c3cccs3)CC2)ccc1OCC(C)C. The van der Waals surface area contributed by atoms with Crippen LogP contribution in [0.2, 0.25) is 0 Å². The molecule has 1 N–H and O–H groups in total. The van der Waals surface area contributed by atoms with Gasteiger partial charge in [-0.3, -0.25) is 4.79 Å². The molecule has 1 aromatic carbocycles. The highest BCUT2D eigenvalue weighted by Gasteiger charge is 2.26. The lowest BCUT2D eigenvalue weighted by Gasteiger charge is -2.31. The fraction of sp³-hybridized carbons (Fsp3) is 0.435. The van der Waals surface area contributed by atoms with Crippen LogP contribution in [0.4, 0.5) is 0 Å². The van der Waals surface area contributed by atoms with E-state index in [1.807, 2.05) is 18.2 Å². The average Bonchev–Trinajstić information content (AvgIpc) is 3.32. The molecule has 0 bridgehead atoms. The van der Waals surface area contributed by atoms with Gasteiger partial charge in [-0.25, -0.2) is 13.1 Å². The number of ether oxygens (including phenoxy) is 2. The monoisotopic (exact) mass is 478 g/mol. The smallest absolute Gasteiger partial charge is 0.250 e. The summed E-state index contributed by atoms with van der Waals surface area (Å²) in [6.45, 7) is 5.77. The van der Waals surface area contributed by atoms with Crippen molar-refractivity contribution in [1.29, 1.82) is 0 Å². The van der Waals surface area contributed by atoms with Crippen LogP contribution < -0.4 is 14.2 Å². The number of carbonyl (C=O) groups excluding carboxylic acids is 1. The Morgan fingerprint density at radius 3 is 2.62 bits per heavy atom. The average molecular weight is 479 g/mol. The normalized spacial score (nSPS) is 15.4. The molecule has 32 heavy (non-hydrogen) atoms. The van der Waals surface area contributed by atoms with E-state index in [9.17, 15) is 13.2 Å². The zero-order valence-electron chi connectivity index (χ0n) is 18.6. The number of piperidine rings is 1. The molecule has 1 aliphatic heterocycles. The molecule has 7 nitrogen and oxygen atoms in total. The standard InChI is InChI=1S/C23H30N2O5S2/c1-17(2)16-30-20-8-6-18(15-21(20)29-3)7-9-22(26)25-12-10-19(11-13-25)24-32(27,28)23-5-4-14-31-23/h4-9,14-15,17,19,24H,10-13,16H2,1-3H3/b9-7+. The maximum atomic E-state index is 12.6. The summed E-state index contributed by atoms with van der Waals surface area (Å²) in [5.74, 6) is 1.62. The predicted molar refractivity (Wildman–Crippen MR) is 127 cm³/mol. The lowest BCUT2D eigenvalue weighted by molar-refractivity contribution is -0.126. The number of methoxy groups -OCH3 is 1. The number of amides is 1. The minimum atomic E-state index is -3.49. The van der Waals surface area contributed by atoms with E-state index in [0.29, 0.717) is 54.2 Å². The molecule has 2 aromatic rings. The van der Waals surface area contributed by atoms with Crippen LogP contribution in [0.3, 0.4) is 0 Å². The highest BCUT2D eigenvalue weighted by molar-refractivity contribution is 7.91. The van der Waals surface area contributed by atoms with E-state index in [2.05, 4.69) is 18.6 Å². The summed E-state index contributed by atoms with van der Waals surface area (Å²) in [5.41, 5.74) is 0.839. The fourth-order valence-electron chi connectivity index (χ4n) is 3.35. The second-order valence-corrected chi connectivity index (χ2v) is 11.0. The number of rotatable bonds is 9. The van der Waals surface area contributed by atoms with E-state index in [0.717, 1.165) is 5.56 Å². The summed E-state index contributed by atoms with van der Waals surface area (Å²) in [4.78, 5) is 14.3. The molecule has 0 atom stereocenters. The number of hydrogen-bond acceptors (Lipinski definition) is 6. The maximum absolute atomic E-state index is 12.6. The van der Waals surface area contributed by atoms with Gasteiger partial charge in [0, 0.05) is 25.2 Å². The highest BCUT2D eigenvalue weighted by Crippen LogP contribution is 2.29. The van der Waals surface area contributed by atoms with Crippen molar-refractivity contribution in [3.63, 3.8) is 0 Å². The van der Waals surface area contributed by atoms with Crippen LogP contribution in [0.15, 0.2) is 46.0 Å². The van der Waals surface area contributed by atoms with Crippen LogP contribution in [0, 0.1) is 5.92 Å². The first kappa shape index (κ1) is 24.3. The Morgan fingerprint density at radius 2 is 2.00 bits per heavy atom. The predicted octanol–water partition coefficient (Wildman–Crippen LogP) is 3.77. The Hall–Kier alpha value is -2.36. The van der Waals surface area contributed by atoms with Crippen LogP contribution in [0.25, 0.3) is 6.08 Å². The lowest BCUT2D eigenvalue weighted by atomic mass is 10.1. The minimum absolute atomic E-state index is 0.0938. The number of nitrogens with zero attached hydrogens (tertiary/aromatic N) is 1. The van der Waals surface area contributed by atoms with Gasteiger partial charge >= 0.3 is 0 Å². The molecule has 1 aromatic heterocycles. The molecular formula is C23H30N2O5S2. The Balaban J connectivity index is 1.53. The number of sulfonamides is 1. The molecule has 9 heteroatoms. The summed E-state index contributed by atoms with van der Waals surface area (Å²) in [6.07, 6.45) is 4.46. The number of benzene rings is 1. The quantitative estimate of drug-likeness (QED) is 0.555. The topological polar surface area (TPSA) is 84.9 Å². The molecule has 0 aliphatic carbocycles. The number of nitrogens with one attached hydrogen (secondary N) is 1. The van der Waals surface area contributed by atoms with Crippen LogP contribution in [-0.4, -0.2) is 52.1 Å². The number of carbonyl (C=O) groups is 1. The van der Waals surface area contributed by atoms with E-state index in [-0.39, 0.29) is 11.9 Å². The maximum Gasteiger partial charge on any atom is 0.250 e. The van der Waals surface area contributed by atoms with Gasteiger partial charge in [0.25, 0.3) is 0 Å². The van der Waals surface area contributed by atoms with Crippen molar-refractivity contribution < 1.29 is 22.7 Å². The lowest BCUT2D eigenvalue weighted by Crippen LogP contribution is -2.46. The van der Waals surface area contributed by atoms with E-state index >= 15 is 0 Å². The third kappa shape index (κ3) is 6.57. The van der Waals surface area contributed by atoms with Crippen molar-refractivity contribution in [3.8, 4) is 11.5 Å². The summed E-state index contributed by atoms with van der Waals surface area (Å²) < 4.78 is 39.0. The Kier molecular flexibility index (Phi) is 8.33. The van der Waals surface area contributed by atoms with Crippen LogP contribution in [0.5, 0.6) is 11.5 Å². The second kappa shape index (κ2) is 11.0. The van der Waals surface area contributed by atoms with Crippen LogP contribution in [0.1, 0.15) is 32.3 Å². The van der Waals surface area contributed by atoms with Crippen molar-refractivity contribution in [1.82, 2.24) is 9.62 Å². The van der Waals surface area contributed by atoms with Crippen LogP contribution in [-0.2, 0) is 14.8 Å². The van der Waals surface area contributed by atoms with E-state index in [1.54, 1.807) is 41.7 Å². The van der Waals surface area contributed by atoms with E-state index < -0.39 is 10.0 Å².